The number of esters is 1. The Morgan fingerprint density at radius 2 is 2.33 bits per heavy atom. The van der Waals surface area contributed by atoms with Crippen LogP contribution in [0.2, 0.25) is 5.02 Å². The molecule has 1 aromatic carbocycles. The molecule has 1 rings (SSSR count). The van der Waals surface area contributed by atoms with Gasteiger partial charge in [0.2, 0.25) is 0 Å². The molecule has 0 heterocycles. The predicted molar refractivity (Wildman–Crippen MR) is 75.2 cm³/mol. The molecule has 1 unspecified atom stereocenters. The highest BCUT2D eigenvalue weighted by atomic mass is 79.9. The molecule has 0 radical (unpaired) electrons. The molecule has 0 bridgehead atoms. The predicted octanol–water partition coefficient (Wildman–Crippen LogP) is 3.67. The third-order valence-electron chi connectivity index (χ3n) is 2.23. The summed E-state index contributed by atoms with van der Waals surface area (Å²) in [6.07, 6.45) is -0.0267. The highest BCUT2D eigenvalue weighted by Crippen LogP contribution is 2.30. The molecule has 1 atom stereocenters. The molecule has 0 amide bonds. The third-order valence-corrected chi connectivity index (χ3v) is 3.27. The van der Waals surface area contributed by atoms with Crippen molar-refractivity contribution in [3.63, 3.8) is 0 Å². The first-order chi connectivity index (χ1) is 8.49. The van der Waals surface area contributed by atoms with Gasteiger partial charge in [-0.15, -0.1) is 0 Å². The van der Waals surface area contributed by atoms with Gasteiger partial charge >= 0.3 is 5.97 Å². The average molecular weight is 357 g/mol. The molecule has 0 fully saturated rings. The smallest absolute Gasteiger partial charge is 0.307 e. The Bertz CT molecular complexity index is 447. The summed E-state index contributed by atoms with van der Waals surface area (Å²) in [5.41, 5.74) is 0.262. The molecule has 0 aromatic heterocycles. The van der Waals surface area contributed by atoms with E-state index in [1.165, 1.54) is 6.07 Å². The molecule has 1 N–H and O–H groups in total. The zero-order valence-corrected chi connectivity index (χ0v) is 12.8. The van der Waals surface area contributed by atoms with Gasteiger partial charge in [-0.2, -0.15) is 0 Å². The van der Waals surface area contributed by atoms with Crippen LogP contribution in [0.25, 0.3) is 0 Å². The summed E-state index contributed by atoms with van der Waals surface area (Å²) in [7, 11) is 0. The topological polar surface area (TPSA) is 38.3 Å². The molecule has 0 saturated heterocycles. The minimum Gasteiger partial charge on any atom is -0.466 e. The molecule has 0 aliphatic heterocycles. The Kier molecular flexibility index (Phi) is 6.42. The van der Waals surface area contributed by atoms with Crippen LogP contribution in [0.1, 0.15) is 24.9 Å². The fourth-order valence-corrected chi connectivity index (χ4v) is 2.51. The maximum Gasteiger partial charge on any atom is 0.307 e. The second-order valence-electron chi connectivity index (χ2n) is 3.48. The van der Waals surface area contributed by atoms with Crippen molar-refractivity contribution in [2.45, 2.75) is 19.4 Å². The van der Waals surface area contributed by atoms with Crippen molar-refractivity contribution in [3.8, 4) is 0 Å². The van der Waals surface area contributed by atoms with E-state index < -0.39 is 17.8 Å². The van der Waals surface area contributed by atoms with Crippen LogP contribution in [0.5, 0.6) is 0 Å². The maximum atomic E-state index is 13.9. The number of rotatable bonds is 5. The molecule has 0 spiro atoms. The van der Waals surface area contributed by atoms with Gasteiger partial charge in [-0.25, -0.2) is 4.39 Å². The fraction of sp³-hybridized carbons (Fsp3) is 0.364. The first kappa shape index (κ1) is 15.8. The molecule has 1 aromatic rings. The van der Waals surface area contributed by atoms with E-state index >= 15 is 0 Å². The van der Waals surface area contributed by atoms with E-state index in [0.717, 1.165) is 0 Å². The summed E-state index contributed by atoms with van der Waals surface area (Å²) in [5, 5.41) is -0.0168. The first-order valence-corrected chi connectivity index (χ1v) is 6.81. The van der Waals surface area contributed by atoms with Crippen LogP contribution in [-0.4, -0.2) is 12.6 Å². The molecule has 0 saturated carbocycles. The van der Waals surface area contributed by atoms with E-state index in [1.807, 2.05) is 0 Å². The van der Waals surface area contributed by atoms with Crippen molar-refractivity contribution in [1.29, 1.82) is 0 Å². The van der Waals surface area contributed by atoms with Gasteiger partial charge in [0, 0.05) is 10.0 Å². The van der Waals surface area contributed by atoms with Gasteiger partial charge in [-0.3, -0.25) is 9.52 Å². The zero-order valence-electron chi connectivity index (χ0n) is 9.54. The minimum absolute atomic E-state index is 0.0168. The maximum absolute atomic E-state index is 13.9. The standard InChI is InChI=1S/C11H12BrClFNO2S/c1-2-17-10(16)5-9(15-18)7-3-6(12)4-8(13)11(7)14/h3-4,9,15,18H,2,5H2,1H3. The Morgan fingerprint density at radius 3 is 2.89 bits per heavy atom. The monoisotopic (exact) mass is 355 g/mol. The van der Waals surface area contributed by atoms with Gasteiger partial charge in [0.1, 0.15) is 5.82 Å². The number of hydrogen-bond acceptors (Lipinski definition) is 4. The number of carbonyl (C=O) groups is 1. The van der Waals surface area contributed by atoms with Crippen LogP contribution >= 0.6 is 40.3 Å². The van der Waals surface area contributed by atoms with Crippen LogP contribution in [0.4, 0.5) is 4.39 Å². The van der Waals surface area contributed by atoms with E-state index in [9.17, 15) is 9.18 Å². The molecule has 3 nitrogen and oxygen atoms in total. The average Bonchev–Trinajstić information content (AvgIpc) is 2.31. The summed E-state index contributed by atoms with van der Waals surface area (Å²) in [4.78, 5) is 11.4. The van der Waals surface area contributed by atoms with E-state index in [2.05, 4.69) is 33.5 Å². The summed E-state index contributed by atoms with van der Waals surface area (Å²) in [5.74, 6) is -1.00. The van der Waals surface area contributed by atoms with Gasteiger partial charge in [-0.05, 0) is 19.1 Å². The summed E-state index contributed by atoms with van der Waals surface area (Å²) < 4.78 is 21.9. The van der Waals surface area contributed by atoms with E-state index in [0.29, 0.717) is 4.47 Å². The van der Waals surface area contributed by atoms with Crippen LogP contribution in [0.3, 0.4) is 0 Å². The van der Waals surface area contributed by atoms with Crippen molar-refractivity contribution in [2.75, 3.05) is 6.61 Å². The molecular formula is C11H12BrClFNO2S. The van der Waals surface area contributed by atoms with Crippen LogP contribution in [0.15, 0.2) is 16.6 Å². The van der Waals surface area contributed by atoms with E-state index in [1.54, 1.807) is 13.0 Å². The van der Waals surface area contributed by atoms with Gasteiger partial charge in [0.15, 0.2) is 0 Å². The molecule has 100 valence electrons. The summed E-state index contributed by atoms with van der Waals surface area (Å²) >= 11 is 12.9. The summed E-state index contributed by atoms with van der Waals surface area (Å²) in [6.45, 7) is 1.98. The summed E-state index contributed by atoms with van der Waals surface area (Å²) in [6, 6.07) is 2.39. The molecule has 18 heavy (non-hydrogen) atoms. The van der Waals surface area contributed by atoms with Crippen LogP contribution in [0, 0.1) is 5.82 Å². The van der Waals surface area contributed by atoms with E-state index in [4.69, 9.17) is 16.3 Å². The third kappa shape index (κ3) is 4.12. The van der Waals surface area contributed by atoms with Gasteiger partial charge in [0.05, 0.1) is 24.1 Å². The molecular weight excluding hydrogens is 345 g/mol. The SMILES string of the molecule is CCOC(=O)CC(NS)c1cc(Br)cc(Cl)c1F. The van der Waals surface area contributed by atoms with Gasteiger partial charge in [-0.1, -0.05) is 40.3 Å². The largest absolute Gasteiger partial charge is 0.466 e. The number of benzene rings is 1. The Hall–Kier alpha value is -0.300. The van der Waals surface area contributed by atoms with E-state index in [-0.39, 0.29) is 23.6 Å². The first-order valence-electron chi connectivity index (χ1n) is 5.19. The number of thiol groups is 1. The molecule has 0 aliphatic rings. The molecule has 7 heteroatoms. The Labute approximate surface area is 124 Å². The Morgan fingerprint density at radius 1 is 1.67 bits per heavy atom. The highest BCUT2D eigenvalue weighted by molar-refractivity contribution is 9.10. The number of halogens is 3. The van der Waals surface area contributed by atoms with Crippen LogP contribution < -0.4 is 4.72 Å². The number of hydrogen-bond donors (Lipinski definition) is 2. The van der Waals surface area contributed by atoms with Crippen molar-refractivity contribution < 1.29 is 13.9 Å². The number of ether oxygens (including phenoxy) is 1. The number of nitrogens with one attached hydrogen (secondary N) is 1. The number of carbonyl (C=O) groups excluding carboxylic acids is 1. The fourth-order valence-electron chi connectivity index (χ4n) is 1.44. The highest BCUT2D eigenvalue weighted by Gasteiger charge is 2.21. The van der Waals surface area contributed by atoms with Crippen molar-refractivity contribution in [1.82, 2.24) is 4.72 Å². The van der Waals surface area contributed by atoms with Gasteiger partial charge < -0.3 is 4.74 Å². The van der Waals surface area contributed by atoms with Crippen LogP contribution in [-0.2, 0) is 9.53 Å². The lowest BCUT2D eigenvalue weighted by molar-refractivity contribution is -0.143. The normalized spacial score (nSPS) is 12.3. The zero-order chi connectivity index (χ0) is 13.7. The van der Waals surface area contributed by atoms with Gasteiger partial charge in [0.25, 0.3) is 0 Å². The Balaban J connectivity index is 2.98. The molecule has 0 aliphatic carbocycles. The lowest BCUT2D eigenvalue weighted by atomic mass is 10.0. The van der Waals surface area contributed by atoms with Crippen molar-refractivity contribution >= 4 is 46.3 Å². The minimum atomic E-state index is -0.609. The van der Waals surface area contributed by atoms with Crippen molar-refractivity contribution in [2.24, 2.45) is 0 Å². The second-order valence-corrected chi connectivity index (χ2v) is 5.06. The lowest BCUT2D eigenvalue weighted by Gasteiger charge is -2.16. The quantitative estimate of drug-likeness (QED) is 0.480. The second kappa shape index (κ2) is 7.33. The van der Waals surface area contributed by atoms with Crippen molar-refractivity contribution in [3.05, 3.63) is 33.0 Å². The lowest BCUT2D eigenvalue weighted by Crippen LogP contribution is -2.19.